The van der Waals surface area contributed by atoms with Gasteiger partial charge in [-0.3, -0.25) is 10.00 Å². The minimum absolute atomic E-state index is 0.251. The summed E-state index contributed by atoms with van der Waals surface area (Å²) in [5.74, 6) is 2.69. The molecule has 1 aromatic carbocycles. The number of hydrogen-bond donors (Lipinski definition) is 1. The molecule has 24 heavy (non-hydrogen) atoms. The van der Waals surface area contributed by atoms with Gasteiger partial charge in [0.25, 0.3) is 0 Å². The number of nitrogens with one attached hydrogen (secondary N) is 1. The molecule has 0 amide bonds. The van der Waals surface area contributed by atoms with Crippen LogP contribution in [0.25, 0.3) is 11.4 Å². The fourth-order valence-electron chi connectivity index (χ4n) is 3.17. The van der Waals surface area contributed by atoms with Crippen molar-refractivity contribution in [2.75, 3.05) is 13.1 Å². The van der Waals surface area contributed by atoms with Gasteiger partial charge < -0.3 is 4.42 Å². The van der Waals surface area contributed by atoms with Crippen LogP contribution in [0.4, 0.5) is 4.39 Å². The molecule has 1 fully saturated rings. The monoisotopic (exact) mass is 326 g/mol. The fourth-order valence-corrected chi connectivity index (χ4v) is 3.17. The van der Waals surface area contributed by atoms with Crippen LogP contribution in [0, 0.1) is 5.82 Å². The smallest absolute Gasteiger partial charge is 0.181 e. The lowest BCUT2D eigenvalue weighted by atomic mass is 9.96. The van der Waals surface area contributed by atoms with Crippen molar-refractivity contribution in [2.24, 2.45) is 0 Å². The Bertz CT molecular complexity index is 774. The van der Waals surface area contributed by atoms with Crippen LogP contribution in [0.1, 0.15) is 30.3 Å². The third kappa shape index (κ3) is 3.23. The molecule has 0 atom stereocenters. The lowest BCUT2D eigenvalue weighted by Crippen LogP contribution is -2.32. The van der Waals surface area contributed by atoms with E-state index in [1.54, 1.807) is 18.4 Å². The predicted molar refractivity (Wildman–Crippen MR) is 87.7 cm³/mol. The van der Waals surface area contributed by atoms with Crippen molar-refractivity contribution in [2.45, 2.75) is 25.3 Å². The highest BCUT2D eigenvalue weighted by molar-refractivity contribution is 5.54. The Hall–Kier alpha value is -2.47. The average Bonchev–Trinajstić information content (AvgIpc) is 3.28. The number of aromatic nitrogens is 3. The summed E-state index contributed by atoms with van der Waals surface area (Å²) in [7, 11) is 0. The van der Waals surface area contributed by atoms with E-state index in [0.717, 1.165) is 49.6 Å². The summed E-state index contributed by atoms with van der Waals surface area (Å²) in [4.78, 5) is 7.00. The van der Waals surface area contributed by atoms with Crippen molar-refractivity contribution in [1.29, 1.82) is 0 Å². The Morgan fingerprint density at radius 1 is 1.17 bits per heavy atom. The Morgan fingerprint density at radius 3 is 2.67 bits per heavy atom. The molecule has 5 nitrogen and oxygen atoms in total. The highest BCUT2D eigenvalue weighted by Gasteiger charge is 2.24. The normalized spacial score (nSPS) is 16.5. The van der Waals surface area contributed by atoms with E-state index in [1.165, 1.54) is 12.1 Å². The van der Waals surface area contributed by atoms with E-state index in [2.05, 4.69) is 20.1 Å². The molecule has 124 valence electrons. The van der Waals surface area contributed by atoms with Crippen LogP contribution in [-0.4, -0.2) is 33.2 Å². The number of hydrogen-bond acceptors (Lipinski definition) is 4. The topological polar surface area (TPSA) is 58.0 Å². The van der Waals surface area contributed by atoms with Gasteiger partial charge in [0.2, 0.25) is 0 Å². The maximum Gasteiger partial charge on any atom is 0.181 e. The first-order valence-corrected chi connectivity index (χ1v) is 8.21. The van der Waals surface area contributed by atoms with Crippen molar-refractivity contribution in [3.05, 3.63) is 60.1 Å². The summed E-state index contributed by atoms with van der Waals surface area (Å²) in [5.41, 5.74) is 0.828. The van der Waals surface area contributed by atoms with Gasteiger partial charge in [-0.15, -0.1) is 0 Å². The summed E-state index contributed by atoms with van der Waals surface area (Å²) < 4.78 is 18.4. The molecular formula is C18H19FN4O. The van der Waals surface area contributed by atoms with Gasteiger partial charge >= 0.3 is 0 Å². The van der Waals surface area contributed by atoms with Crippen molar-refractivity contribution in [3.8, 4) is 11.4 Å². The minimum atomic E-state index is -0.251. The molecule has 3 heterocycles. The summed E-state index contributed by atoms with van der Waals surface area (Å²) in [6.45, 7) is 2.88. The van der Waals surface area contributed by atoms with Crippen LogP contribution in [0.5, 0.6) is 0 Å². The number of rotatable bonds is 4. The SMILES string of the molecule is Fc1ccc(-c2n[nH]c(C3CCN(Cc4ccco4)CC3)n2)cc1. The Morgan fingerprint density at radius 2 is 1.96 bits per heavy atom. The highest BCUT2D eigenvalue weighted by Crippen LogP contribution is 2.27. The summed E-state index contributed by atoms with van der Waals surface area (Å²) in [6, 6.07) is 10.2. The third-order valence-electron chi connectivity index (χ3n) is 4.54. The van der Waals surface area contributed by atoms with Gasteiger partial charge in [-0.05, 0) is 62.3 Å². The Labute approximate surface area is 139 Å². The number of piperidine rings is 1. The van der Waals surface area contributed by atoms with Gasteiger partial charge in [0.1, 0.15) is 17.4 Å². The molecule has 0 spiro atoms. The van der Waals surface area contributed by atoms with Crippen molar-refractivity contribution in [1.82, 2.24) is 20.1 Å². The van der Waals surface area contributed by atoms with E-state index >= 15 is 0 Å². The van der Waals surface area contributed by atoms with Crippen molar-refractivity contribution in [3.63, 3.8) is 0 Å². The molecule has 0 saturated carbocycles. The Balaban J connectivity index is 1.38. The molecule has 1 N–H and O–H groups in total. The molecule has 0 unspecified atom stereocenters. The molecule has 1 aliphatic heterocycles. The van der Waals surface area contributed by atoms with E-state index in [0.29, 0.717) is 11.7 Å². The van der Waals surface area contributed by atoms with Gasteiger partial charge in [-0.2, -0.15) is 5.10 Å². The zero-order valence-corrected chi connectivity index (χ0v) is 13.3. The first-order chi connectivity index (χ1) is 11.8. The minimum Gasteiger partial charge on any atom is -0.468 e. The van der Waals surface area contributed by atoms with Crippen LogP contribution in [0.15, 0.2) is 47.1 Å². The van der Waals surface area contributed by atoms with Crippen LogP contribution in [0.2, 0.25) is 0 Å². The van der Waals surface area contributed by atoms with E-state index in [9.17, 15) is 4.39 Å². The average molecular weight is 326 g/mol. The summed E-state index contributed by atoms with van der Waals surface area (Å²) >= 11 is 0. The number of halogens is 1. The molecule has 0 aliphatic carbocycles. The molecule has 1 saturated heterocycles. The standard InChI is InChI=1S/C18H19FN4O/c19-15-5-3-13(4-6-15)17-20-18(22-21-17)14-7-9-23(10-8-14)12-16-2-1-11-24-16/h1-6,11,14H,7-10,12H2,(H,20,21,22). The number of likely N-dealkylation sites (tertiary alicyclic amines) is 1. The largest absolute Gasteiger partial charge is 0.468 e. The molecule has 0 bridgehead atoms. The molecule has 2 aromatic heterocycles. The van der Waals surface area contributed by atoms with Crippen LogP contribution >= 0.6 is 0 Å². The zero-order chi connectivity index (χ0) is 16.4. The quantitative estimate of drug-likeness (QED) is 0.796. The molecular weight excluding hydrogens is 307 g/mol. The number of benzene rings is 1. The molecule has 4 rings (SSSR count). The second-order valence-corrected chi connectivity index (χ2v) is 6.18. The van der Waals surface area contributed by atoms with Gasteiger partial charge in [0.05, 0.1) is 12.8 Å². The lowest BCUT2D eigenvalue weighted by molar-refractivity contribution is 0.188. The second kappa shape index (κ2) is 6.57. The maximum atomic E-state index is 13.0. The first-order valence-electron chi connectivity index (χ1n) is 8.21. The second-order valence-electron chi connectivity index (χ2n) is 6.18. The van der Waals surface area contributed by atoms with Gasteiger partial charge in [0.15, 0.2) is 5.82 Å². The number of furan rings is 1. The zero-order valence-electron chi connectivity index (χ0n) is 13.3. The predicted octanol–water partition coefficient (Wildman–Crippen LogP) is 3.58. The van der Waals surface area contributed by atoms with E-state index in [-0.39, 0.29) is 5.82 Å². The summed E-state index contributed by atoms with van der Waals surface area (Å²) in [6.07, 6.45) is 3.80. The highest BCUT2D eigenvalue weighted by atomic mass is 19.1. The maximum absolute atomic E-state index is 13.0. The van der Waals surface area contributed by atoms with Crippen molar-refractivity contribution >= 4 is 0 Å². The molecule has 3 aromatic rings. The van der Waals surface area contributed by atoms with Gasteiger partial charge in [-0.1, -0.05) is 0 Å². The van der Waals surface area contributed by atoms with E-state index < -0.39 is 0 Å². The van der Waals surface area contributed by atoms with E-state index in [1.807, 2.05) is 12.1 Å². The number of nitrogens with zero attached hydrogens (tertiary/aromatic N) is 3. The number of H-pyrrole nitrogens is 1. The van der Waals surface area contributed by atoms with Crippen LogP contribution < -0.4 is 0 Å². The van der Waals surface area contributed by atoms with Crippen LogP contribution in [0.3, 0.4) is 0 Å². The van der Waals surface area contributed by atoms with Crippen LogP contribution in [-0.2, 0) is 6.54 Å². The molecule has 6 heteroatoms. The fraction of sp³-hybridized carbons (Fsp3) is 0.333. The lowest BCUT2D eigenvalue weighted by Gasteiger charge is -2.30. The first kappa shape index (κ1) is 15.1. The Kier molecular flexibility index (Phi) is 4.13. The van der Waals surface area contributed by atoms with Gasteiger partial charge in [-0.25, -0.2) is 9.37 Å². The molecule has 0 radical (unpaired) electrons. The number of aromatic amines is 1. The van der Waals surface area contributed by atoms with E-state index in [4.69, 9.17) is 4.42 Å². The van der Waals surface area contributed by atoms with Crippen molar-refractivity contribution < 1.29 is 8.81 Å². The van der Waals surface area contributed by atoms with Gasteiger partial charge in [0, 0.05) is 11.5 Å². The third-order valence-corrected chi connectivity index (χ3v) is 4.54. The summed E-state index contributed by atoms with van der Waals surface area (Å²) in [5, 5.41) is 7.34. The molecule has 1 aliphatic rings.